The van der Waals surface area contributed by atoms with Crippen molar-refractivity contribution in [3.63, 3.8) is 0 Å². The third-order valence-corrected chi connectivity index (χ3v) is 6.70. The highest BCUT2D eigenvalue weighted by atomic mass is 19.1. The van der Waals surface area contributed by atoms with Crippen molar-refractivity contribution in [1.82, 2.24) is 14.7 Å². The minimum Gasteiger partial charge on any atom is -0.341 e. The fraction of sp³-hybridized carbons (Fsp3) is 0.667. The zero-order valence-corrected chi connectivity index (χ0v) is 15.8. The van der Waals surface area contributed by atoms with Crippen molar-refractivity contribution in [3.8, 4) is 0 Å². The molecule has 2 atom stereocenters. The quantitative estimate of drug-likeness (QED) is 0.809. The summed E-state index contributed by atoms with van der Waals surface area (Å²) in [4.78, 5) is 20.1. The Hall–Kier alpha value is -1.46. The van der Waals surface area contributed by atoms with Crippen molar-refractivity contribution in [2.24, 2.45) is 11.3 Å². The molecule has 0 unspecified atom stereocenters. The second-order valence-electron chi connectivity index (χ2n) is 8.45. The molecular weight excluding hydrogens is 329 g/mol. The topological polar surface area (TPSA) is 26.8 Å². The molecular formula is C21H30FN3O. The van der Waals surface area contributed by atoms with Crippen LogP contribution in [0.3, 0.4) is 0 Å². The van der Waals surface area contributed by atoms with Crippen molar-refractivity contribution in [2.45, 2.75) is 32.7 Å². The molecule has 26 heavy (non-hydrogen) atoms. The summed E-state index contributed by atoms with van der Waals surface area (Å²) in [6, 6.07) is 6.82. The van der Waals surface area contributed by atoms with Gasteiger partial charge in [0.25, 0.3) is 0 Å². The van der Waals surface area contributed by atoms with Crippen molar-refractivity contribution < 1.29 is 9.18 Å². The highest BCUT2D eigenvalue weighted by molar-refractivity contribution is 5.86. The molecule has 0 aromatic heterocycles. The Kier molecular flexibility index (Phi) is 5.02. The van der Waals surface area contributed by atoms with Crippen LogP contribution in [0.2, 0.25) is 0 Å². The van der Waals surface area contributed by atoms with Crippen molar-refractivity contribution in [3.05, 3.63) is 35.6 Å². The van der Waals surface area contributed by atoms with Gasteiger partial charge in [-0.1, -0.05) is 19.1 Å². The van der Waals surface area contributed by atoms with Crippen LogP contribution in [-0.4, -0.2) is 66.4 Å². The van der Waals surface area contributed by atoms with E-state index in [1.807, 2.05) is 6.07 Å². The molecule has 0 bridgehead atoms. The summed E-state index contributed by atoms with van der Waals surface area (Å²) in [5, 5.41) is 0. The van der Waals surface area contributed by atoms with Crippen LogP contribution in [0.5, 0.6) is 0 Å². The van der Waals surface area contributed by atoms with Gasteiger partial charge in [0, 0.05) is 39.3 Å². The Balaban J connectivity index is 1.37. The van der Waals surface area contributed by atoms with Crippen LogP contribution in [-0.2, 0) is 11.3 Å². The number of halogens is 1. The second-order valence-corrected chi connectivity index (χ2v) is 8.45. The predicted molar refractivity (Wildman–Crippen MR) is 100 cm³/mol. The van der Waals surface area contributed by atoms with Gasteiger partial charge >= 0.3 is 0 Å². The van der Waals surface area contributed by atoms with Gasteiger partial charge in [-0.25, -0.2) is 4.39 Å². The summed E-state index contributed by atoms with van der Waals surface area (Å²) in [5.74, 6) is 0.528. The molecule has 3 heterocycles. The van der Waals surface area contributed by atoms with Gasteiger partial charge < -0.3 is 9.80 Å². The lowest BCUT2D eigenvalue weighted by atomic mass is 9.78. The van der Waals surface area contributed by atoms with Crippen LogP contribution in [0.1, 0.15) is 31.7 Å². The second kappa shape index (κ2) is 7.28. The van der Waals surface area contributed by atoms with Crippen LogP contribution in [0.4, 0.5) is 4.39 Å². The predicted octanol–water partition coefficient (Wildman–Crippen LogP) is 2.59. The number of benzene rings is 1. The van der Waals surface area contributed by atoms with Gasteiger partial charge in [-0.15, -0.1) is 0 Å². The normalized spacial score (nSPS) is 30.2. The molecule has 0 radical (unpaired) electrons. The van der Waals surface area contributed by atoms with Crippen LogP contribution < -0.4 is 0 Å². The monoisotopic (exact) mass is 359 g/mol. The molecule has 3 aliphatic heterocycles. The molecule has 0 saturated carbocycles. The zero-order valence-electron chi connectivity index (χ0n) is 15.8. The van der Waals surface area contributed by atoms with E-state index in [0.29, 0.717) is 11.8 Å². The summed E-state index contributed by atoms with van der Waals surface area (Å²) < 4.78 is 13.5. The highest BCUT2D eigenvalue weighted by Gasteiger charge is 2.54. The van der Waals surface area contributed by atoms with E-state index in [2.05, 4.69) is 21.6 Å². The molecule has 1 aromatic rings. The summed E-state index contributed by atoms with van der Waals surface area (Å²) in [7, 11) is 0. The average molecular weight is 359 g/mol. The number of rotatable bonds is 5. The number of carbonyl (C=O) groups excluding carboxylic acids is 1. The van der Waals surface area contributed by atoms with Crippen LogP contribution in [0, 0.1) is 17.2 Å². The number of likely N-dealkylation sites (tertiary alicyclic amines) is 3. The maximum atomic E-state index is 13.5. The lowest BCUT2D eigenvalue weighted by Crippen LogP contribution is -2.42. The Morgan fingerprint density at radius 3 is 2.73 bits per heavy atom. The number of carbonyl (C=O) groups is 1. The van der Waals surface area contributed by atoms with E-state index in [0.717, 1.165) is 51.3 Å². The van der Waals surface area contributed by atoms with Gasteiger partial charge in [-0.05, 0) is 56.0 Å². The first kappa shape index (κ1) is 17.9. The van der Waals surface area contributed by atoms with E-state index in [1.165, 1.54) is 32.0 Å². The first-order chi connectivity index (χ1) is 12.6. The van der Waals surface area contributed by atoms with Gasteiger partial charge in [0.2, 0.25) is 5.91 Å². The zero-order chi connectivity index (χ0) is 18.1. The van der Waals surface area contributed by atoms with Gasteiger partial charge in [-0.2, -0.15) is 0 Å². The fourth-order valence-corrected chi connectivity index (χ4v) is 5.14. The van der Waals surface area contributed by atoms with Crippen LogP contribution in [0.15, 0.2) is 24.3 Å². The molecule has 3 saturated heterocycles. The van der Waals surface area contributed by atoms with Crippen LogP contribution in [0.25, 0.3) is 0 Å². The van der Waals surface area contributed by atoms with E-state index in [-0.39, 0.29) is 11.2 Å². The number of nitrogens with zero attached hydrogens (tertiary/aromatic N) is 3. The Bertz CT molecular complexity index is 660. The molecule has 4 nitrogen and oxygen atoms in total. The smallest absolute Gasteiger partial charge is 0.230 e. The van der Waals surface area contributed by atoms with Crippen molar-refractivity contribution in [1.29, 1.82) is 0 Å². The molecule has 142 valence electrons. The molecule has 3 fully saturated rings. The third kappa shape index (κ3) is 3.39. The van der Waals surface area contributed by atoms with Crippen LogP contribution >= 0.6 is 0 Å². The first-order valence-electron chi connectivity index (χ1n) is 10.1. The summed E-state index contributed by atoms with van der Waals surface area (Å²) in [5.41, 5.74) is 0.767. The van der Waals surface area contributed by atoms with E-state index in [4.69, 9.17) is 0 Å². The Morgan fingerprint density at radius 1 is 1.15 bits per heavy atom. The van der Waals surface area contributed by atoms with E-state index in [1.54, 1.807) is 12.1 Å². The molecule has 1 amide bonds. The average Bonchev–Trinajstić information content (AvgIpc) is 3.30. The molecule has 3 aliphatic rings. The third-order valence-electron chi connectivity index (χ3n) is 6.70. The van der Waals surface area contributed by atoms with E-state index >= 15 is 0 Å². The molecule has 0 aliphatic carbocycles. The Morgan fingerprint density at radius 2 is 1.96 bits per heavy atom. The lowest BCUT2D eigenvalue weighted by Gasteiger charge is -2.27. The summed E-state index contributed by atoms with van der Waals surface area (Å²) in [6.45, 7) is 9.82. The SMILES string of the molecule is C[C@@H]1CN(Cc2cccc(F)c2)C[C@]12CCN(CCN1CCCC1)C2=O. The van der Waals surface area contributed by atoms with Gasteiger partial charge in [0.15, 0.2) is 0 Å². The fourth-order valence-electron chi connectivity index (χ4n) is 5.14. The number of hydrogen-bond donors (Lipinski definition) is 0. The van der Waals surface area contributed by atoms with E-state index in [9.17, 15) is 9.18 Å². The molecule has 1 spiro atoms. The highest BCUT2D eigenvalue weighted by Crippen LogP contribution is 2.45. The summed E-state index contributed by atoms with van der Waals surface area (Å²) >= 11 is 0. The molecule has 4 rings (SSSR count). The maximum Gasteiger partial charge on any atom is 0.230 e. The van der Waals surface area contributed by atoms with Gasteiger partial charge in [0.05, 0.1) is 5.41 Å². The largest absolute Gasteiger partial charge is 0.341 e. The lowest BCUT2D eigenvalue weighted by molar-refractivity contribution is -0.137. The van der Waals surface area contributed by atoms with E-state index < -0.39 is 0 Å². The molecule has 1 aromatic carbocycles. The standard InChI is InChI=1S/C21H30FN3O/c1-17-14-24(15-18-5-4-6-19(22)13-18)16-21(17)7-10-25(20(21)26)12-11-23-8-2-3-9-23/h4-6,13,17H,2-3,7-12,14-16H2,1H3/t17-,21-/m1/s1. The van der Waals surface area contributed by atoms with Crippen molar-refractivity contribution >= 4 is 5.91 Å². The van der Waals surface area contributed by atoms with Gasteiger partial charge in [0.1, 0.15) is 5.82 Å². The van der Waals surface area contributed by atoms with Gasteiger partial charge in [-0.3, -0.25) is 9.69 Å². The first-order valence-corrected chi connectivity index (χ1v) is 10.1. The van der Waals surface area contributed by atoms with Crippen molar-refractivity contribution in [2.75, 3.05) is 45.8 Å². The minimum absolute atomic E-state index is 0.186. The molecule has 0 N–H and O–H groups in total. The number of amides is 1. The number of hydrogen-bond acceptors (Lipinski definition) is 3. The Labute approximate surface area is 155 Å². The summed E-state index contributed by atoms with van der Waals surface area (Å²) in [6.07, 6.45) is 3.56. The maximum absolute atomic E-state index is 13.5. The molecule has 5 heteroatoms. The minimum atomic E-state index is -0.224.